The highest BCUT2D eigenvalue weighted by atomic mass is 16.5. The van der Waals surface area contributed by atoms with E-state index >= 15 is 0 Å². The van der Waals surface area contributed by atoms with Crippen molar-refractivity contribution in [3.8, 4) is 0 Å². The molecule has 0 fully saturated rings. The molecular formula is C19H28N4O2. The fourth-order valence-electron chi connectivity index (χ4n) is 2.31. The minimum Gasteiger partial charge on any atom is -0.444 e. The Hall–Kier alpha value is -2.34. The van der Waals surface area contributed by atoms with Crippen LogP contribution in [-0.4, -0.2) is 37.7 Å². The third-order valence-corrected chi connectivity index (χ3v) is 3.84. The van der Waals surface area contributed by atoms with E-state index in [-0.39, 0.29) is 0 Å². The average Bonchev–Trinajstić information content (AvgIpc) is 2.95. The van der Waals surface area contributed by atoms with Gasteiger partial charge in [-0.05, 0) is 32.3 Å². The summed E-state index contributed by atoms with van der Waals surface area (Å²) in [5.74, 6) is 2.26. The van der Waals surface area contributed by atoms with E-state index in [4.69, 9.17) is 9.15 Å². The maximum Gasteiger partial charge on any atom is 0.214 e. The lowest BCUT2D eigenvalue weighted by Crippen LogP contribution is -2.37. The molecule has 2 aromatic rings. The molecule has 1 aromatic heterocycles. The Bertz CT molecular complexity index is 633. The van der Waals surface area contributed by atoms with Crippen LogP contribution in [0.2, 0.25) is 0 Å². The van der Waals surface area contributed by atoms with Crippen molar-refractivity contribution >= 4 is 5.96 Å². The van der Waals surface area contributed by atoms with Crippen LogP contribution in [0, 0.1) is 13.8 Å². The van der Waals surface area contributed by atoms with Gasteiger partial charge >= 0.3 is 0 Å². The lowest BCUT2D eigenvalue weighted by atomic mass is 10.2. The first kappa shape index (κ1) is 19.0. The molecule has 0 aliphatic carbocycles. The quantitative estimate of drug-likeness (QED) is 0.416. The van der Waals surface area contributed by atoms with Gasteiger partial charge in [-0.25, -0.2) is 4.98 Å². The van der Waals surface area contributed by atoms with Crippen LogP contribution in [0.1, 0.15) is 29.3 Å². The lowest BCUT2D eigenvalue weighted by Gasteiger charge is -2.10. The van der Waals surface area contributed by atoms with Crippen molar-refractivity contribution in [2.24, 2.45) is 4.99 Å². The second-order valence-corrected chi connectivity index (χ2v) is 5.80. The fourth-order valence-corrected chi connectivity index (χ4v) is 2.31. The number of rotatable bonds is 9. The number of aryl methyl sites for hydroxylation is 2. The number of benzene rings is 1. The Morgan fingerprint density at radius 1 is 1.16 bits per heavy atom. The van der Waals surface area contributed by atoms with Gasteiger partial charge in [0, 0.05) is 20.2 Å². The first-order valence-electron chi connectivity index (χ1n) is 8.68. The molecule has 0 saturated carbocycles. The molecule has 2 rings (SSSR count). The highest BCUT2D eigenvalue weighted by Crippen LogP contribution is 2.07. The molecular weight excluding hydrogens is 316 g/mol. The number of guanidine groups is 1. The highest BCUT2D eigenvalue weighted by Gasteiger charge is 2.06. The van der Waals surface area contributed by atoms with E-state index in [1.54, 1.807) is 7.05 Å². The van der Waals surface area contributed by atoms with Crippen LogP contribution >= 0.6 is 0 Å². The van der Waals surface area contributed by atoms with Gasteiger partial charge in [-0.15, -0.1) is 0 Å². The fraction of sp³-hybridized carbons (Fsp3) is 0.474. The van der Waals surface area contributed by atoms with Crippen molar-refractivity contribution in [3.05, 3.63) is 53.2 Å². The number of hydrogen-bond acceptors (Lipinski definition) is 4. The maximum absolute atomic E-state index is 5.67. The van der Waals surface area contributed by atoms with Gasteiger partial charge in [-0.3, -0.25) is 4.99 Å². The number of nitrogens with zero attached hydrogens (tertiary/aromatic N) is 2. The van der Waals surface area contributed by atoms with Gasteiger partial charge < -0.3 is 19.8 Å². The van der Waals surface area contributed by atoms with E-state index in [0.29, 0.717) is 12.4 Å². The van der Waals surface area contributed by atoms with Crippen molar-refractivity contribution in [2.45, 2.75) is 33.2 Å². The topological polar surface area (TPSA) is 71.7 Å². The minimum absolute atomic E-state index is 0.516. The number of hydrogen-bond donors (Lipinski definition) is 2. The number of oxazole rings is 1. The summed E-state index contributed by atoms with van der Waals surface area (Å²) in [4.78, 5) is 8.53. The Labute approximate surface area is 149 Å². The normalized spacial score (nSPS) is 11.6. The summed E-state index contributed by atoms with van der Waals surface area (Å²) in [6, 6.07) is 10.4. The summed E-state index contributed by atoms with van der Waals surface area (Å²) < 4.78 is 11.2. The van der Waals surface area contributed by atoms with E-state index < -0.39 is 0 Å². The summed E-state index contributed by atoms with van der Waals surface area (Å²) in [6.45, 7) is 6.65. The molecule has 0 unspecified atom stereocenters. The van der Waals surface area contributed by atoms with Gasteiger partial charge in [0.2, 0.25) is 5.89 Å². The zero-order valence-corrected chi connectivity index (χ0v) is 15.3. The molecule has 0 radical (unpaired) electrons. The van der Waals surface area contributed by atoms with Crippen LogP contribution in [0.4, 0.5) is 0 Å². The molecule has 2 N–H and O–H groups in total. The van der Waals surface area contributed by atoms with Crippen molar-refractivity contribution in [1.82, 2.24) is 15.6 Å². The second-order valence-electron chi connectivity index (χ2n) is 5.80. The zero-order valence-electron chi connectivity index (χ0n) is 15.3. The predicted molar refractivity (Wildman–Crippen MR) is 99.8 cm³/mol. The van der Waals surface area contributed by atoms with Crippen molar-refractivity contribution in [1.29, 1.82) is 0 Å². The Kier molecular flexibility index (Phi) is 7.98. The van der Waals surface area contributed by atoms with E-state index in [0.717, 1.165) is 50.0 Å². The molecule has 1 aromatic carbocycles. The smallest absolute Gasteiger partial charge is 0.214 e. The molecule has 0 aliphatic heterocycles. The number of aromatic nitrogens is 1. The van der Waals surface area contributed by atoms with E-state index in [1.807, 2.05) is 19.9 Å². The van der Waals surface area contributed by atoms with Gasteiger partial charge in [0.05, 0.1) is 18.8 Å². The second kappa shape index (κ2) is 10.5. The standard InChI is InChI=1S/C19H28N4O2/c1-15-16(2)25-18(23-15)14-22-19(20-3)21-11-7-12-24-13-10-17-8-5-4-6-9-17/h4-6,8-9H,7,10-14H2,1-3H3,(H2,20,21,22). The van der Waals surface area contributed by atoms with E-state index in [2.05, 4.69) is 44.9 Å². The maximum atomic E-state index is 5.67. The van der Waals surface area contributed by atoms with Gasteiger partial charge in [0.15, 0.2) is 5.96 Å². The summed E-state index contributed by atoms with van der Waals surface area (Å²) in [7, 11) is 1.75. The number of aliphatic imine (C=N–C) groups is 1. The van der Waals surface area contributed by atoms with Crippen molar-refractivity contribution in [2.75, 3.05) is 26.8 Å². The minimum atomic E-state index is 0.516. The average molecular weight is 344 g/mol. The summed E-state index contributed by atoms with van der Waals surface area (Å²) in [6.07, 6.45) is 1.87. The van der Waals surface area contributed by atoms with Gasteiger partial charge in [0.25, 0.3) is 0 Å². The Balaban J connectivity index is 1.53. The van der Waals surface area contributed by atoms with E-state index in [1.165, 1.54) is 5.56 Å². The summed E-state index contributed by atoms with van der Waals surface area (Å²) >= 11 is 0. The first-order chi connectivity index (χ1) is 12.2. The SMILES string of the molecule is CN=C(NCCCOCCc1ccccc1)NCc1nc(C)c(C)o1. The lowest BCUT2D eigenvalue weighted by molar-refractivity contribution is 0.135. The van der Waals surface area contributed by atoms with Crippen LogP contribution in [0.5, 0.6) is 0 Å². The van der Waals surface area contributed by atoms with Crippen molar-refractivity contribution in [3.63, 3.8) is 0 Å². The molecule has 136 valence electrons. The van der Waals surface area contributed by atoms with Crippen LogP contribution in [0.3, 0.4) is 0 Å². The van der Waals surface area contributed by atoms with Crippen molar-refractivity contribution < 1.29 is 9.15 Å². The monoisotopic (exact) mass is 344 g/mol. The molecule has 0 aliphatic rings. The zero-order chi connectivity index (χ0) is 17.9. The van der Waals surface area contributed by atoms with Crippen LogP contribution in [0.25, 0.3) is 0 Å². The summed E-state index contributed by atoms with van der Waals surface area (Å²) in [5.41, 5.74) is 2.23. The van der Waals surface area contributed by atoms with Gasteiger partial charge in [-0.1, -0.05) is 30.3 Å². The molecule has 0 amide bonds. The van der Waals surface area contributed by atoms with Gasteiger partial charge in [-0.2, -0.15) is 0 Å². The highest BCUT2D eigenvalue weighted by molar-refractivity contribution is 5.79. The molecule has 0 saturated heterocycles. The third kappa shape index (κ3) is 6.97. The van der Waals surface area contributed by atoms with Crippen LogP contribution in [-0.2, 0) is 17.7 Å². The molecule has 0 spiro atoms. The molecule has 25 heavy (non-hydrogen) atoms. The molecule has 6 nitrogen and oxygen atoms in total. The molecule has 0 atom stereocenters. The number of ether oxygens (including phenoxy) is 1. The summed E-state index contributed by atoms with van der Waals surface area (Å²) in [5, 5.41) is 6.45. The van der Waals surface area contributed by atoms with Gasteiger partial charge in [0.1, 0.15) is 5.76 Å². The largest absolute Gasteiger partial charge is 0.444 e. The predicted octanol–water partition coefficient (Wildman–Crippen LogP) is 2.61. The van der Waals surface area contributed by atoms with Crippen LogP contribution < -0.4 is 10.6 Å². The first-order valence-corrected chi connectivity index (χ1v) is 8.68. The number of nitrogens with one attached hydrogen (secondary N) is 2. The molecule has 6 heteroatoms. The van der Waals surface area contributed by atoms with E-state index in [9.17, 15) is 0 Å². The molecule has 0 bridgehead atoms. The Morgan fingerprint density at radius 3 is 2.64 bits per heavy atom. The Morgan fingerprint density at radius 2 is 1.96 bits per heavy atom. The molecule has 1 heterocycles. The third-order valence-electron chi connectivity index (χ3n) is 3.84. The van der Waals surface area contributed by atoms with Crippen LogP contribution in [0.15, 0.2) is 39.7 Å².